The van der Waals surface area contributed by atoms with Gasteiger partial charge in [0.2, 0.25) is 11.6 Å². The van der Waals surface area contributed by atoms with E-state index in [1.165, 1.54) is 29.7 Å². The molecular weight excluding hydrogens is 418 g/mol. The number of aromatic nitrogens is 1. The quantitative estimate of drug-likeness (QED) is 0.522. The third-order valence-corrected chi connectivity index (χ3v) is 6.78. The van der Waals surface area contributed by atoms with Gasteiger partial charge < -0.3 is 9.47 Å². The summed E-state index contributed by atoms with van der Waals surface area (Å²) in [5, 5.41) is 0. The van der Waals surface area contributed by atoms with E-state index in [1.807, 2.05) is 48.5 Å². The normalized spacial score (nSPS) is 13.3. The molecule has 0 spiro atoms. The van der Waals surface area contributed by atoms with Gasteiger partial charge in [-0.05, 0) is 60.7 Å². The largest absolute Gasteiger partial charge is 0.497 e. The number of carbonyl (C=O) groups is 2. The number of pyridine rings is 1. The highest BCUT2D eigenvalue weighted by Crippen LogP contribution is 2.43. The fraction of sp³-hybridized carbons (Fsp3) is 0.0870. The highest BCUT2D eigenvalue weighted by atomic mass is 32.2. The monoisotopic (exact) mass is 435 g/mol. The minimum Gasteiger partial charge on any atom is -0.497 e. The molecule has 0 fully saturated rings. The molecule has 0 saturated carbocycles. The molecule has 0 unspecified atom stereocenters. The van der Waals surface area contributed by atoms with Crippen LogP contribution in [0.1, 0.15) is 20.8 Å². The van der Waals surface area contributed by atoms with Crippen molar-refractivity contribution in [2.24, 2.45) is 0 Å². The van der Waals surface area contributed by atoms with Crippen molar-refractivity contribution in [2.45, 2.75) is 9.79 Å². The number of benzene rings is 2. The molecule has 1 aliphatic rings. The molecule has 4 rings (SSSR count). The lowest BCUT2D eigenvalue weighted by molar-refractivity contribution is 0.0984. The van der Waals surface area contributed by atoms with Crippen LogP contribution in [0.3, 0.4) is 0 Å². The third kappa shape index (κ3) is 3.99. The van der Waals surface area contributed by atoms with E-state index in [1.54, 1.807) is 26.4 Å². The Bertz CT molecular complexity index is 1050. The first kappa shape index (κ1) is 20.3. The second kappa shape index (κ2) is 8.77. The van der Waals surface area contributed by atoms with Gasteiger partial charge in [0.1, 0.15) is 17.2 Å². The van der Waals surface area contributed by atoms with Crippen molar-refractivity contribution >= 4 is 35.1 Å². The SMILES string of the molecule is COc1ccc(SC2=C(Sc3ccc(OC)cc3)C(=O)c3ncccc3C2=O)cc1. The fourth-order valence-electron chi connectivity index (χ4n) is 2.91. The molecule has 0 saturated heterocycles. The van der Waals surface area contributed by atoms with Crippen LogP contribution in [0.5, 0.6) is 11.5 Å². The molecule has 0 amide bonds. The zero-order valence-corrected chi connectivity index (χ0v) is 17.9. The highest BCUT2D eigenvalue weighted by molar-refractivity contribution is 8.08. The number of ketones is 2. The van der Waals surface area contributed by atoms with E-state index in [2.05, 4.69) is 4.98 Å². The topological polar surface area (TPSA) is 65.5 Å². The molecular formula is C23H17NO4S2. The maximum absolute atomic E-state index is 13.3. The molecule has 2 aromatic carbocycles. The molecule has 0 radical (unpaired) electrons. The molecule has 1 aromatic heterocycles. The number of nitrogens with zero attached hydrogens (tertiary/aromatic N) is 1. The van der Waals surface area contributed by atoms with Gasteiger partial charge in [-0.1, -0.05) is 23.5 Å². The Balaban J connectivity index is 1.76. The van der Waals surface area contributed by atoms with Gasteiger partial charge in [0.25, 0.3) is 0 Å². The van der Waals surface area contributed by atoms with Crippen LogP contribution in [0.4, 0.5) is 0 Å². The van der Waals surface area contributed by atoms with Gasteiger partial charge in [-0.2, -0.15) is 0 Å². The molecule has 7 heteroatoms. The Labute approximate surface area is 182 Å². The molecule has 0 aliphatic heterocycles. The maximum atomic E-state index is 13.3. The fourth-order valence-corrected chi connectivity index (χ4v) is 4.94. The number of rotatable bonds is 6. The van der Waals surface area contributed by atoms with Crippen molar-refractivity contribution in [3.05, 3.63) is 87.9 Å². The molecule has 3 aromatic rings. The number of hydrogen-bond donors (Lipinski definition) is 0. The summed E-state index contributed by atoms with van der Waals surface area (Å²) in [4.78, 5) is 33.1. The van der Waals surface area contributed by atoms with Gasteiger partial charge in [-0.3, -0.25) is 14.6 Å². The standard InChI is InChI=1S/C23H17NO4S2/c1-27-14-5-9-16(10-6-14)29-22-20(25)18-4-3-13-24-19(18)21(26)23(22)30-17-11-7-15(28-2)8-12-17/h3-13H,1-2H3. The Morgan fingerprint density at radius 2 is 1.20 bits per heavy atom. The van der Waals surface area contributed by atoms with E-state index in [-0.39, 0.29) is 17.3 Å². The summed E-state index contributed by atoms with van der Waals surface area (Å²) in [6.45, 7) is 0. The van der Waals surface area contributed by atoms with Crippen LogP contribution >= 0.6 is 23.5 Å². The molecule has 0 atom stereocenters. The Hall–Kier alpha value is -3.03. The molecule has 5 nitrogen and oxygen atoms in total. The minimum atomic E-state index is -0.248. The highest BCUT2D eigenvalue weighted by Gasteiger charge is 2.34. The Morgan fingerprint density at radius 1 is 0.700 bits per heavy atom. The maximum Gasteiger partial charge on any atom is 0.220 e. The lowest BCUT2D eigenvalue weighted by atomic mass is 10.00. The van der Waals surface area contributed by atoms with E-state index in [0.29, 0.717) is 15.4 Å². The van der Waals surface area contributed by atoms with E-state index >= 15 is 0 Å². The van der Waals surface area contributed by atoms with Crippen LogP contribution in [-0.4, -0.2) is 30.8 Å². The average molecular weight is 436 g/mol. The number of methoxy groups -OCH3 is 2. The lowest BCUT2D eigenvalue weighted by Gasteiger charge is -2.19. The first-order valence-electron chi connectivity index (χ1n) is 9.03. The van der Waals surface area contributed by atoms with Gasteiger partial charge in [0, 0.05) is 16.0 Å². The summed E-state index contributed by atoms with van der Waals surface area (Å²) >= 11 is 2.54. The van der Waals surface area contributed by atoms with Crippen molar-refractivity contribution in [3.63, 3.8) is 0 Å². The van der Waals surface area contributed by atoms with Crippen molar-refractivity contribution in [3.8, 4) is 11.5 Å². The predicted molar refractivity (Wildman–Crippen MR) is 118 cm³/mol. The molecule has 1 heterocycles. The van der Waals surface area contributed by atoms with Gasteiger partial charge in [-0.15, -0.1) is 0 Å². The van der Waals surface area contributed by atoms with Crippen LogP contribution < -0.4 is 9.47 Å². The number of carbonyl (C=O) groups excluding carboxylic acids is 2. The molecule has 30 heavy (non-hydrogen) atoms. The number of Topliss-reactive ketones (excluding diaryl/α,β-unsaturated/α-hetero) is 2. The van der Waals surface area contributed by atoms with Crippen LogP contribution in [-0.2, 0) is 0 Å². The van der Waals surface area contributed by atoms with Crippen molar-refractivity contribution in [2.75, 3.05) is 14.2 Å². The number of allylic oxidation sites excluding steroid dienone is 2. The van der Waals surface area contributed by atoms with Crippen molar-refractivity contribution in [1.82, 2.24) is 4.98 Å². The lowest BCUT2D eigenvalue weighted by Crippen LogP contribution is -2.21. The molecule has 0 bridgehead atoms. The second-order valence-electron chi connectivity index (χ2n) is 6.27. The second-order valence-corrected chi connectivity index (χ2v) is 8.44. The summed E-state index contributed by atoms with van der Waals surface area (Å²) in [7, 11) is 3.20. The average Bonchev–Trinajstić information content (AvgIpc) is 2.80. The van der Waals surface area contributed by atoms with Crippen LogP contribution in [0.2, 0.25) is 0 Å². The van der Waals surface area contributed by atoms with E-state index in [9.17, 15) is 9.59 Å². The number of fused-ring (bicyclic) bond motifs is 1. The van der Waals surface area contributed by atoms with Crippen LogP contribution in [0.15, 0.2) is 86.5 Å². The summed E-state index contributed by atoms with van der Waals surface area (Å²) in [5.74, 6) is 0.998. The van der Waals surface area contributed by atoms with Crippen molar-refractivity contribution < 1.29 is 19.1 Å². The van der Waals surface area contributed by atoms with E-state index in [0.717, 1.165) is 21.3 Å². The zero-order valence-electron chi connectivity index (χ0n) is 16.2. The minimum absolute atomic E-state index is 0.192. The Kier molecular flexibility index (Phi) is 5.92. The summed E-state index contributed by atoms with van der Waals surface area (Å²) in [6.07, 6.45) is 1.53. The van der Waals surface area contributed by atoms with Crippen LogP contribution in [0.25, 0.3) is 0 Å². The predicted octanol–water partition coefficient (Wildman–Crippen LogP) is 5.27. The van der Waals surface area contributed by atoms with E-state index in [4.69, 9.17) is 9.47 Å². The van der Waals surface area contributed by atoms with Crippen molar-refractivity contribution in [1.29, 1.82) is 0 Å². The summed E-state index contributed by atoms with van der Waals surface area (Å²) < 4.78 is 10.4. The number of hydrogen-bond acceptors (Lipinski definition) is 7. The van der Waals surface area contributed by atoms with E-state index < -0.39 is 0 Å². The first-order chi connectivity index (χ1) is 14.6. The van der Waals surface area contributed by atoms with Gasteiger partial charge in [0.05, 0.1) is 29.6 Å². The first-order valence-corrected chi connectivity index (χ1v) is 10.7. The summed E-state index contributed by atoms with van der Waals surface area (Å²) in [6, 6.07) is 18.0. The van der Waals surface area contributed by atoms with Gasteiger partial charge in [0.15, 0.2) is 0 Å². The molecule has 150 valence electrons. The van der Waals surface area contributed by atoms with Gasteiger partial charge in [-0.25, -0.2) is 0 Å². The van der Waals surface area contributed by atoms with Crippen LogP contribution in [0, 0.1) is 0 Å². The summed E-state index contributed by atoms with van der Waals surface area (Å²) in [5.41, 5.74) is 0.523. The number of thioether (sulfide) groups is 2. The zero-order chi connectivity index (χ0) is 21.1. The molecule has 0 N–H and O–H groups in total. The Morgan fingerprint density at radius 3 is 1.70 bits per heavy atom. The number of ether oxygens (including phenoxy) is 2. The van der Waals surface area contributed by atoms with Gasteiger partial charge >= 0.3 is 0 Å². The third-order valence-electron chi connectivity index (χ3n) is 4.44. The molecule has 1 aliphatic carbocycles. The smallest absolute Gasteiger partial charge is 0.220 e.